The van der Waals surface area contributed by atoms with Gasteiger partial charge in [0.05, 0.1) is 19.1 Å². The Kier molecular flexibility index (Phi) is 5.51. The highest BCUT2D eigenvalue weighted by Crippen LogP contribution is 2.40. The maximum atomic E-state index is 12.2. The van der Waals surface area contributed by atoms with Gasteiger partial charge in [-0.2, -0.15) is 4.99 Å². The Morgan fingerprint density at radius 3 is 2.35 bits per heavy atom. The van der Waals surface area contributed by atoms with Crippen molar-refractivity contribution in [1.29, 1.82) is 0 Å². The summed E-state index contributed by atoms with van der Waals surface area (Å²) in [5, 5.41) is 0.759. The lowest BCUT2D eigenvalue weighted by Gasteiger charge is -2.15. The maximum absolute atomic E-state index is 12.2. The zero-order chi connectivity index (χ0) is 18.7. The normalized spacial score (nSPS) is 18.3. The van der Waals surface area contributed by atoms with E-state index in [0.717, 1.165) is 31.1 Å². The second-order valence-corrected chi connectivity index (χ2v) is 6.86. The lowest BCUT2D eigenvalue weighted by Crippen LogP contribution is -2.23. The van der Waals surface area contributed by atoms with E-state index in [1.807, 2.05) is 0 Å². The number of likely N-dealkylation sites (tertiary alicyclic amines) is 1. The summed E-state index contributed by atoms with van der Waals surface area (Å²) in [7, 11) is 2.95. The van der Waals surface area contributed by atoms with Gasteiger partial charge < -0.3 is 19.1 Å². The highest BCUT2D eigenvalue weighted by Gasteiger charge is 2.28. The predicted molar refractivity (Wildman–Crippen MR) is 99.7 cm³/mol. The third-order valence-electron chi connectivity index (χ3n) is 4.01. The van der Waals surface area contributed by atoms with Crippen molar-refractivity contribution in [3.8, 4) is 17.2 Å². The Labute approximate surface area is 156 Å². The Hall–Kier alpha value is -2.48. The third kappa shape index (κ3) is 3.85. The molecule has 0 unspecified atom stereocenters. The molecule has 138 valence electrons. The van der Waals surface area contributed by atoms with Gasteiger partial charge in [0.15, 0.2) is 16.7 Å². The van der Waals surface area contributed by atoms with E-state index in [1.165, 1.54) is 32.9 Å². The van der Waals surface area contributed by atoms with Crippen molar-refractivity contribution in [2.45, 2.75) is 19.8 Å². The van der Waals surface area contributed by atoms with Crippen LogP contribution in [0.25, 0.3) is 6.08 Å². The van der Waals surface area contributed by atoms with E-state index in [1.54, 1.807) is 18.2 Å². The van der Waals surface area contributed by atoms with Crippen LogP contribution in [0.4, 0.5) is 0 Å². The van der Waals surface area contributed by atoms with E-state index in [9.17, 15) is 9.59 Å². The molecule has 0 spiro atoms. The first kappa shape index (κ1) is 18.3. The molecule has 2 heterocycles. The minimum absolute atomic E-state index is 0.212. The lowest BCUT2D eigenvalue weighted by molar-refractivity contribution is -0.132. The van der Waals surface area contributed by atoms with E-state index in [0.29, 0.717) is 22.0 Å². The average molecular weight is 376 g/mol. The zero-order valence-electron chi connectivity index (χ0n) is 14.9. The first-order chi connectivity index (χ1) is 12.5. The molecule has 1 fully saturated rings. The molecule has 1 aromatic rings. The molecule has 0 atom stereocenters. The van der Waals surface area contributed by atoms with Gasteiger partial charge in [-0.25, -0.2) is 0 Å². The minimum Gasteiger partial charge on any atom is -0.493 e. The number of aliphatic imine (C=N–C) groups is 1. The third-order valence-corrected chi connectivity index (χ3v) is 5.06. The number of carbonyl (C=O) groups excluding carboxylic acids is 2. The van der Waals surface area contributed by atoms with Crippen molar-refractivity contribution >= 4 is 34.9 Å². The molecular weight excluding hydrogens is 356 g/mol. The molecule has 3 rings (SSSR count). The molecule has 0 aromatic heterocycles. The van der Waals surface area contributed by atoms with Crippen LogP contribution in [0.2, 0.25) is 0 Å². The molecule has 0 aliphatic carbocycles. The van der Waals surface area contributed by atoms with Gasteiger partial charge in [0, 0.05) is 20.0 Å². The monoisotopic (exact) mass is 376 g/mol. The first-order valence-corrected chi connectivity index (χ1v) is 9.05. The van der Waals surface area contributed by atoms with Gasteiger partial charge >= 0.3 is 5.97 Å². The molecule has 1 amide bonds. The van der Waals surface area contributed by atoms with Gasteiger partial charge in [0.1, 0.15) is 0 Å². The quantitative estimate of drug-likeness (QED) is 0.454. The summed E-state index contributed by atoms with van der Waals surface area (Å²) in [4.78, 5) is 30.4. The molecule has 0 N–H and O–H groups in total. The van der Waals surface area contributed by atoms with Gasteiger partial charge in [0.2, 0.25) is 5.75 Å². The smallest absolute Gasteiger partial charge is 0.308 e. The second kappa shape index (κ2) is 7.82. The standard InChI is InChI=1S/C18H20N2O5S/c1-11(21)25-16-13(23-2)8-12(9-14(16)24-3)10-15-17(22)19-18(26-15)20-6-4-5-7-20/h8-10H,4-7H2,1-3H3/b15-10-. The molecule has 8 heteroatoms. The van der Waals surface area contributed by atoms with Gasteiger partial charge in [-0.15, -0.1) is 0 Å². The van der Waals surface area contributed by atoms with Crippen molar-refractivity contribution in [3.63, 3.8) is 0 Å². The molecule has 2 aliphatic heterocycles. The number of ether oxygens (including phenoxy) is 3. The van der Waals surface area contributed by atoms with Crippen molar-refractivity contribution in [2.24, 2.45) is 4.99 Å². The molecule has 7 nitrogen and oxygen atoms in total. The Bertz CT molecular complexity index is 772. The molecule has 0 saturated carbocycles. The number of rotatable bonds is 4. The second-order valence-electron chi connectivity index (χ2n) is 5.85. The fourth-order valence-electron chi connectivity index (χ4n) is 2.82. The number of thioether (sulfide) groups is 1. The van der Waals surface area contributed by atoms with Crippen LogP contribution in [0.3, 0.4) is 0 Å². The number of benzene rings is 1. The number of carbonyl (C=O) groups is 2. The molecule has 1 aromatic carbocycles. The van der Waals surface area contributed by atoms with E-state index in [2.05, 4.69) is 9.89 Å². The van der Waals surface area contributed by atoms with Crippen molar-refractivity contribution in [1.82, 2.24) is 4.90 Å². The Morgan fingerprint density at radius 1 is 1.19 bits per heavy atom. The molecule has 26 heavy (non-hydrogen) atoms. The van der Waals surface area contributed by atoms with Crippen molar-refractivity contribution < 1.29 is 23.8 Å². The number of methoxy groups -OCH3 is 2. The molecule has 1 saturated heterocycles. The van der Waals surface area contributed by atoms with Crippen LogP contribution >= 0.6 is 11.8 Å². The van der Waals surface area contributed by atoms with Crippen molar-refractivity contribution in [2.75, 3.05) is 27.3 Å². The average Bonchev–Trinajstić information content (AvgIpc) is 3.25. The topological polar surface area (TPSA) is 77.4 Å². The Morgan fingerprint density at radius 2 is 1.81 bits per heavy atom. The summed E-state index contributed by atoms with van der Waals surface area (Å²) in [5.41, 5.74) is 0.698. The SMILES string of the molecule is COc1cc(/C=C2\SC(N3CCCC3)=NC2=O)cc(OC)c1OC(C)=O. The van der Waals surface area contributed by atoms with Gasteiger partial charge in [-0.3, -0.25) is 9.59 Å². The summed E-state index contributed by atoms with van der Waals surface area (Å²) >= 11 is 1.37. The van der Waals surface area contributed by atoms with Gasteiger partial charge in [-0.1, -0.05) is 0 Å². The highest BCUT2D eigenvalue weighted by molar-refractivity contribution is 8.18. The highest BCUT2D eigenvalue weighted by atomic mass is 32.2. The largest absolute Gasteiger partial charge is 0.493 e. The maximum Gasteiger partial charge on any atom is 0.308 e. The zero-order valence-corrected chi connectivity index (χ0v) is 15.7. The van der Waals surface area contributed by atoms with E-state index >= 15 is 0 Å². The number of hydrogen-bond donors (Lipinski definition) is 0. The number of nitrogens with zero attached hydrogens (tertiary/aromatic N) is 2. The van der Waals surface area contributed by atoms with Crippen molar-refractivity contribution in [3.05, 3.63) is 22.6 Å². The molecule has 0 bridgehead atoms. The van der Waals surface area contributed by atoms with Crippen LogP contribution in [0.15, 0.2) is 22.0 Å². The molecule has 2 aliphatic rings. The molecular formula is C18H20N2O5S. The summed E-state index contributed by atoms with van der Waals surface area (Å²) in [6.07, 6.45) is 3.99. The van der Waals surface area contributed by atoms with Crippen LogP contribution in [0, 0.1) is 0 Å². The Balaban J connectivity index is 1.88. The summed E-state index contributed by atoms with van der Waals surface area (Å²) in [6, 6.07) is 3.38. The predicted octanol–water partition coefficient (Wildman–Crippen LogP) is 2.70. The van der Waals surface area contributed by atoms with Crippen LogP contribution < -0.4 is 14.2 Å². The van der Waals surface area contributed by atoms with E-state index in [-0.39, 0.29) is 11.7 Å². The van der Waals surface area contributed by atoms with E-state index in [4.69, 9.17) is 14.2 Å². The lowest BCUT2D eigenvalue weighted by atomic mass is 10.1. The van der Waals surface area contributed by atoms with Gasteiger partial charge in [0.25, 0.3) is 5.91 Å². The summed E-state index contributed by atoms with van der Waals surface area (Å²) in [5.74, 6) is 0.186. The van der Waals surface area contributed by atoms with E-state index < -0.39 is 5.97 Å². The number of esters is 1. The van der Waals surface area contributed by atoms with Crippen LogP contribution in [0.5, 0.6) is 17.2 Å². The summed E-state index contributed by atoms with van der Waals surface area (Å²) in [6.45, 7) is 3.18. The fourth-order valence-corrected chi connectivity index (χ4v) is 3.79. The fraction of sp³-hybridized carbons (Fsp3) is 0.389. The minimum atomic E-state index is -0.474. The number of hydrogen-bond acceptors (Lipinski definition) is 7. The van der Waals surface area contributed by atoms with Crippen LogP contribution in [-0.2, 0) is 9.59 Å². The number of amides is 1. The van der Waals surface area contributed by atoms with Crippen LogP contribution in [0.1, 0.15) is 25.3 Å². The van der Waals surface area contributed by atoms with Crippen LogP contribution in [-0.4, -0.2) is 49.3 Å². The number of amidine groups is 1. The summed E-state index contributed by atoms with van der Waals surface area (Å²) < 4.78 is 15.8. The first-order valence-electron chi connectivity index (χ1n) is 8.23. The van der Waals surface area contributed by atoms with Gasteiger partial charge in [-0.05, 0) is 48.4 Å². The molecule has 0 radical (unpaired) electrons.